The number of methoxy groups -OCH3 is 1. The Bertz CT molecular complexity index is 676. The first-order chi connectivity index (χ1) is 12.0. The highest BCUT2D eigenvalue weighted by Gasteiger charge is 2.49. The predicted octanol–water partition coefficient (Wildman–Crippen LogP) is 3.58. The van der Waals surface area contributed by atoms with Crippen molar-refractivity contribution in [3.63, 3.8) is 0 Å². The summed E-state index contributed by atoms with van der Waals surface area (Å²) in [5.74, 6) is -0.928. The molecule has 0 unspecified atom stereocenters. The van der Waals surface area contributed by atoms with Gasteiger partial charge in [0.1, 0.15) is 11.4 Å². The molecule has 1 saturated heterocycles. The van der Waals surface area contributed by atoms with Crippen LogP contribution in [0.5, 0.6) is 0 Å². The number of carbonyl (C=O) groups excluding carboxylic acids is 1. The van der Waals surface area contributed by atoms with E-state index in [0.29, 0.717) is 25.3 Å². The van der Waals surface area contributed by atoms with E-state index in [1.165, 1.54) is 31.4 Å². The molecule has 1 aliphatic heterocycles. The molecule has 1 aromatic rings. The summed E-state index contributed by atoms with van der Waals surface area (Å²) in [4.78, 5) is 16.6. The van der Waals surface area contributed by atoms with Gasteiger partial charge in [-0.25, -0.2) is 9.18 Å². The second-order valence-electron chi connectivity index (χ2n) is 8.20. The van der Waals surface area contributed by atoms with Gasteiger partial charge < -0.3 is 13.9 Å². The first-order valence-corrected chi connectivity index (χ1v) is 11.6. The first kappa shape index (κ1) is 20.7. The van der Waals surface area contributed by atoms with Gasteiger partial charge in [-0.1, -0.05) is 20.8 Å². The summed E-state index contributed by atoms with van der Waals surface area (Å²) >= 11 is 0. The number of esters is 1. The lowest BCUT2D eigenvalue weighted by molar-refractivity contribution is -0.161. The summed E-state index contributed by atoms with van der Waals surface area (Å²) in [5.41, 5.74) is 0.154. The standard InChI is InChI=1S/C19H28FNO4Si/c1-18(2,3)26(5,6)25-19(12-24-13-19)11-21-16(17(22)23-4)14-7-9-15(20)10-8-14/h7-10H,11-13H2,1-6H3/b21-16-. The van der Waals surface area contributed by atoms with Crippen molar-refractivity contribution in [3.05, 3.63) is 35.6 Å². The first-order valence-electron chi connectivity index (χ1n) is 8.66. The zero-order valence-electron chi connectivity index (χ0n) is 16.4. The number of benzene rings is 1. The molecule has 0 spiro atoms. The quantitative estimate of drug-likeness (QED) is 0.429. The molecule has 2 rings (SSSR count). The van der Waals surface area contributed by atoms with E-state index < -0.39 is 19.9 Å². The minimum Gasteiger partial charge on any atom is -0.464 e. The zero-order valence-corrected chi connectivity index (χ0v) is 17.4. The summed E-state index contributed by atoms with van der Waals surface area (Å²) in [5, 5.41) is 0.0570. The molecule has 5 nitrogen and oxygen atoms in total. The largest absolute Gasteiger partial charge is 0.464 e. The van der Waals surface area contributed by atoms with Gasteiger partial charge in [0.2, 0.25) is 0 Å². The molecule has 0 atom stereocenters. The minimum atomic E-state index is -2.02. The van der Waals surface area contributed by atoms with E-state index in [1.54, 1.807) is 0 Å². The van der Waals surface area contributed by atoms with Gasteiger partial charge in [-0.2, -0.15) is 0 Å². The van der Waals surface area contributed by atoms with Crippen LogP contribution in [0.4, 0.5) is 4.39 Å². The summed E-state index contributed by atoms with van der Waals surface area (Å²) in [6.07, 6.45) is 0. The van der Waals surface area contributed by atoms with Crippen LogP contribution in [-0.2, 0) is 18.7 Å². The van der Waals surface area contributed by atoms with E-state index in [9.17, 15) is 9.18 Å². The third kappa shape index (κ3) is 4.58. The van der Waals surface area contributed by atoms with E-state index in [2.05, 4.69) is 38.9 Å². The Morgan fingerprint density at radius 1 is 1.27 bits per heavy atom. The smallest absolute Gasteiger partial charge is 0.356 e. The number of aliphatic imine (C=N–C) groups is 1. The van der Waals surface area contributed by atoms with Gasteiger partial charge in [-0.05, 0) is 42.4 Å². The van der Waals surface area contributed by atoms with E-state index >= 15 is 0 Å². The molecular formula is C19H28FNO4Si. The minimum absolute atomic E-state index is 0.0570. The van der Waals surface area contributed by atoms with Crippen molar-refractivity contribution in [2.24, 2.45) is 4.99 Å². The molecule has 1 aliphatic rings. The fourth-order valence-electron chi connectivity index (χ4n) is 2.41. The van der Waals surface area contributed by atoms with Crippen molar-refractivity contribution >= 4 is 20.0 Å². The third-order valence-corrected chi connectivity index (χ3v) is 9.59. The topological polar surface area (TPSA) is 57.1 Å². The third-order valence-electron chi connectivity index (χ3n) is 5.03. The summed E-state index contributed by atoms with van der Waals surface area (Å²) < 4.78 is 30.0. The van der Waals surface area contributed by atoms with Crippen molar-refractivity contribution in [2.75, 3.05) is 26.9 Å². The molecule has 0 amide bonds. The summed E-state index contributed by atoms with van der Waals surface area (Å²) in [6, 6.07) is 5.62. The van der Waals surface area contributed by atoms with Gasteiger partial charge in [-0.15, -0.1) is 0 Å². The molecule has 0 N–H and O–H groups in total. The van der Waals surface area contributed by atoms with Crippen LogP contribution in [0.1, 0.15) is 26.3 Å². The number of hydrogen-bond donors (Lipinski definition) is 0. The molecule has 0 aromatic heterocycles. The highest BCUT2D eigenvalue weighted by Crippen LogP contribution is 2.41. The Labute approximate surface area is 155 Å². The Balaban J connectivity index is 2.26. The van der Waals surface area contributed by atoms with Gasteiger partial charge in [0.15, 0.2) is 14.0 Å². The van der Waals surface area contributed by atoms with Crippen molar-refractivity contribution in [1.29, 1.82) is 0 Å². The van der Waals surface area contributed by atoms with Gasteiger partial charge in [0, 0.05) is 5.56 Å². The van der Waals surface area contributed by atoms with Crippen LogP contribution in [0.15, 0.2) is 29.3 Å². The number of halogens is 1. The van der Waals surface area contributed by atoms with Crippen LogP contribution in [0.2, 0.25) is 18.1 Å². The maximum atomic E-state index is 13.2. The van der Waals surface area contributed by atoms with Crippen molar-refractivity contribution in [3.8, 4) is 0 Å². The maximum Gasteiger partial charge on any atom is 0.356 e. The lowest BCUT2D eigenvalue weighted by Crippen LogP contribution is -2.61. The van der Waals surface area contributed by atoms with Gasteiger partial charge in [0.25, 0.3) is 0 Å². The summed E-state index contributed by atoms with van der Waals surface area (Å²) in [6.45, 7) is 12.1. The second-order valence-corrected chi connectivity index (χ2v) is 12.9. The van der Waals surface area contributed by atoms with Crippen molar-refractivity contribution in [1.82, 2.24) is 0 Å². The van der Waals surface area contributed by atoms with Crippen LogP contribution >= 0.6 is 0 Å². The SMILES string of the molecule is COC(=O)/C(=N\CC1(O[Si](C)(C)C(C)(C)C)COC1)c1ccc(F)cc1. The highest BCUT2D eigenvalue weighted by atomic mass is 28.4. The maximum absolute atomic E-state index is 13.2. The lowest BCUT2D eigenvalue weighted by atomic mass is 10.0. The lowest BCUT2D eigenvalue weighted by Gasteiger charge is -2.49. The van der Waals surface area contributed by atoms with Gasteiger partial charge in [-0.3, -0.25) is 4.99 Å². The molecule has 0 saturated carbocycles. The molecule has 0 aliphatic carbocycles. The van der Waals surface area contributed by atoms with Crippen LogP contribution in [0.25, 0.3) is 0 Å². The van der Waals surface area contributed by atoms with E-state index in [-0.39, 0.29) is 16.6 Å². The fourth-order valence-corrected chi connectivity index (χ4v) is 3.98. The average Bonchev–Trinajstić information content (AvgIpc) is 2.52. The van der Waals surface area contributed by atoms with Crippen molar-refractivity contribution < 1.29 is 23.1 Å². The molecule has 1 aromatic carbocycles. The highest BCUT2D eigenvalue weighted by molar-refractivity contribution is 6.74. The number of ether oxygens (including phenoxy) is 2. The number of hydrogen-bond acceptors (Lipinski definition) is 5. The Morgan fingerprint density at radius 2 is 1.85 bits per heavy atom. The number of rotatable bonds is 6. The monoisotopic (exact) mass is 381 g/mol. The Hall–Kier alpha value is -1.57. The van der Waals surface area contributed by atoms with E-state index in [1.807, 2.05) is 0 Å². The molecule has 1 heterocycles. The van der Waals surface area contributed by atoms with E-state index in [0.717, 1.165) is 0 Å². The van der Waals surface area contributed by atoms with E-state index in [4.69, 9.17) is 13.9 Å². The van der Waals surface area contributed by atoms with Crippen LogP contribution in [-0.4, -0.2) is 52.5 Å². The Kier molecular flexibility index (Phi) is 6.05. The molecule has 26 heavy (non-hydrogen) atoms. The normalized spacial score (nSPS) is 17.6. The molecule has 1 fully saturated rings. The van der Waals surface area contributed by atoms with Gasteiger partial charge in [0.05, 0.1) is 26.9 Å². The average molecular weight is 382 g/mol. The predicted molar refractivity (Wildman–Crippen MR) is 102 cm³/mol. The molecule has 7 heteroatoms. The second kappa shape index (κ2) is 7.58. The van der Waals surface area contributed by atoms with Crippen LogP contribution in [0.3, 0.4) is 0 Å². The zero-order chi connectivity index (χ0) is 19.6. The molecule has 144 valence electrons. The fraction of sp³-hybridized carbons (Fsp3) is 0.579. The van der Waals surface area contributed by atoms with Gasteiger partial charge >= 0.3 is 5.97 Å². The van der Waals surface area contributed by atoms with Crippen molar-refractivity contribution in [2.45, 2.75) is 44.5 Å². The molecule has 0 bridgehead atoms. The molecule has 0 radical (unpaired) electrons. The van der Waals surface area contributed by atoms with Crippen LogP contribution < -0.4 is 0 Å². The Morgan fingerprint density at radius 3 is 2.27 bits per heavy atom. The summed E-state index contributed by atoms with van der Waals surface area (Å²) in [7, 11) is -0.718. The number of carbonyl (C=O) groups is 1. The number of nitrogens with zero attached hydrogens (tertiary/aromatic N) is 1. The molecular weight excluding hydrogens is 353 g/mol. The van der Waals surface area contributed by atoms with Crippen LogP contribution in [0, 0.1) is 5.82 Å².